The van der Waals surface area contributed by atoms with Gasteiger partial charge in [-0.1, -0.05) is 6.08 Å². The fourth-order valence-electron chi connectivity index (χ4n) is 1.65. The van der Waals surface area contributed by atoms with Gasteiger partial charge in [0.05, 0.1) is 5.69 Å². The molecule has 0 unspecified atom stereocenters. The van der Waals surface area contributed by atoms with Gasteiger partial charge in [0.25, 0.3) is 0 Å². The molecule has 13 heavy (non-hydrogen) atoms. The van der Waals surface area contributed by atoms with E-state index in [1.165, 1.54) is 11.3 Å². The molecule has 0 amide bonds. The maximum absolute atomic E-state index is 4.31. The molecule has 0 spiro atoms. The number of hydrogen-bond acceptors (Lipinski definition) is 2. The van der Waals surface area contributed by atoms with E-state index in [0.717, 1.165) is 13.1 Å². The summed E-state index contributed by atoms with van der Waals surface area (Å²) >= 11 is 0. The van der Waals surface area contributed by atoms with Crippen LogP contribution in [0.5, 0.6) is 0 Å². The van der Waals surface area contributed by atoms with Gasteiger partial charge in [-0.25, -0.2) is 0 Å². The van der Waals surface area contributed by atoms with Crippen molar-refractivity contribution in [3.63, 3.8) is 0 Å². The molecular weight excluding hydrogens is 162 g/mol. The molecular formula is C10H15N3. The van der Waals surface area contributed by atoms with Crippen molar-refractivity contribution in [3.8, 4) is 0 Å². The zero-order valence-corrected chi connectivity index (χ0v) is 8.12. The third-order valence-corrected chi connectivity index (χ3v) is 2.30. The molecule has 0 aromatic carbocycles. The second-order valence-electron chi connectivity index (χ2n) is 3.62. The van der Waals surface area contributed by atoms with Crippen LogP contribution in [-0.4, -0.2) is 22.9 Å². The van der Waals surface area contributed by atoms with Crippen molar-refractivity contribution in [2.24, 2.45) is 0 Å². The number of rotatable bonds is 2. The van der Waals surface area contributed by atoms with E-state index in [1.54, 1.807) is 0 Å². The van der Waals surface area contributed by atoms with E-state index in [0.29, 0.717) is 6.04 Å². The predicted molar refractivity (Wildman–Crippen MR) is 53.5 cm³/mol. The van der Waals surface area contributed by atoms with Crippen molar-refractivity contribution in [3.05, 3.63) is 24.0 Å². The summed E-state index contributed by atoms with van der Waals surface area (Å²) < 4.78 is 2.07. The van der Waals surface area contributed by atoms with Crippen molar-refractivity contribution in [1.82, 2.24) is 15.1 Å². The highest BCUT2D eigenvalue weighted by Crippen LogP contribution is 2.18. The van der Waals surface area contributed by atoms with Gasteiger partial charge in [0.2, 0.25) is 0 Å². The second kappa shape index (κ2) is 3.34. The van der Waals surface area contributed by atoms with Crippen molar-refractivity contribution in [2.45, 2.75) is 19.9 Å². The van der Waals surface area contributed by atoms with Crippen LogP contribution in [0.3, 0.4) is 0 Å². The van der Waals surface area contributed by atoms with Gasteiger partial charge in [-0.3, -0.25) is 4.68 Å². The zero-order chi connectivity index (χ0) is 9.26. The topological polar surface area (TPSA) is 29.9 Å². The third-order valence-electron chi connectivity index (χ3n) is 2.30. The van der Waals surface area contributed by atoms with Gasteiger partial charge in [-0.05, 0) is 25.5 Å². The molecule has 0 saturated heterocycles. The highest BCUT2D eigenvalue weighted by Gasteiger charge is 2.12. The van der Waals surface area contributed by atoms with Gasteiger partial charge in [0.15, 0.2) is 0 Å². The van der Waals surface area contributed by atoms with Crippen molar-refractivity contribution < 1.29 is 0 Å². The van der Waals surface area contributed by atoms with Crippen LogP contribution in [0.25, 0.3) is 5.57 Å². The quantitative estimate of drug-likeness (QED) is 0.741. The first-order chi connectivity index (χ1) is 6.29. The van der Waals surface area contributed by atoms with Crippen molar-refractivity contribution in [2.75, 3.05) is 13.1 Å². The molecule has 0 saturated carbocycles. The van der Waals surface area contributed by atoms with E-state index < -0.39 is 0 Å². The molecule has 0 fully saturated rings. The summed E-state index contributed by atoms with van der Waals surface area (Å²) in [6.07, 6.45) is 4.10. The SMILES string of the molecule is CC(C)n1nccc1C1=CCNC1. The van der Waals surface area contributed by atoms with E-state index in [2.05, 4.69) is 41.1 Å². The summed E-state index contributed by atoms with van der Waals surface area (Å²) in [7, 11) is 0. The van der Waals surface area contributed by atoms with E-state index in [4.69, 9.17) is 0 Å². The Bertz CT molecular complexity index is 323. The van der Waals surface area contributed by atoms with Gasteiger partial charge < -0.3 is 5.32 Å². The third kappa shape index (κ3) is 1.52. The Morgan fingerprint density at radius 2 is 2.38 bits per heavy atom. The lowest BCUT2D eigenvalue weighted by atomic mass is 10.2. The summed E-state index contributed by atoms with van der Waals surface area (Å²) in [5, 5.41) is 7.60. The number of aromatic nitrogens is 2. The molecule has 0 bridgehead atoms. The summed E-state index contributed by atoms with van der Waals surface area (Å²) in [6, 6.07) is 2.52. The van der Waals surface area contributed by atoms with Gasteiger partial charge in [-0.15, -0.1) is 0 Å². The first-order valence-corrected chi connectivity index (χ1v) is 4.72. The van der Waals surface area contributed by atoms with Crippen LogP contribution in [0, 0.1) is 0 Å². The zero-order valence-electron chi connectivity index (χ0n) is 8.12. The van der Waals surface area contributed by atoms with Gasteiger partial charge >= 0.3 is 0 Å². The largest absolute Gasteiger partial charge is 0.309 e. The minimum absolute atomic E-state index is 0.437. The molecule has 1 aliphatic rings. The van der Waals surface area contributed by atoms with Crippen LogP contribution < -0.4 is 5.32 Å². The molecule has 1 aliphatic heterocycles. The lowest BCUT2D eigenvalue weighted by molar-refractivity contribution is 0.526. The number of hydrogen-bond donors (Lipinski definition) is 1. The Labute approximate surface area is 78.4 Å². The first kappa shape index (κ1) is 8.51. The van der Waals surface area contributed by atoms with E-state index in [1.807, 2.05) is 6.20 Å². The fourth-order valence-corrected chi connectivity index (χ4v) is 1.65. The van der Waals surface area contributed by atoms with E-state index >= 15 is 0 Å². The molecule has 1 N–H and O–H groups in total. The monoisotopic (exact) mass is 177 g/mol. The summed E-state index contributed by atoms with van der Waals surface area (Å²) in [4.78, 5) is 0. The molecule has 1 aromatic rings. The van der Waals surface area contributed by atoms with Crippen LogP contribution in [-0.2, 0) is 0 Å². The normalized spacial score (nSPS) is 16.7. The fraction of sp³-hybridized carbons (Fsp3) is 0.500. The number of nitrogens with one attached hydrogen (secondary N) is 1. The Morgan fingerprint density at radius 3 is 3.00 bits per heavy atom. The molecule has 0 atom stereocenters. The molecule has 2 rings (SSSR count). The Hall–Kier alpha value is -1.09. The van der Waals surface area contributed by atoms with E-state index in [9.17, 15) is 0 Å². The van der Waals surface area contributed by atoms with Gasteiger partial charge in [-0.2, -0.15) is 5.10 Å². The molecule has 0 aliphatic carbocycles. The highest BCUT2D eigenvalue weighted by atomic mass is 15.3. The summed E-state index contributed by atoms with van der Waals surface area (Å²) in [5.41, 5.74) is 2.62. The predicted octanol–water partition coefficient (Wildman–Crippen LogP) is 1.45. The first-order valence-electron chi connectivity index (χ1n) is 4.72. The van der Waals surface area contributed by atoms with Gasteiger partial charge in [0.1, 0.15) is 0 Å². The van der Waals surface area contributed by atoms with E-state index in [-0.39, 0.29) is 0 Å². The van der Waals surface area contributed by atoms with Crippen LogP contribution >= 0.6 is 0 Å². The second-order valence-corrected chi connectivity index (χ2v) is 3.62. The lowest BCUT2D eigenvalue weighted by Gasteiger charge is -2.11. The highest BCUT2D eigenvalue weighted by molar-refractivity contribution is 5.66. The Kier molecular flexibility index (Phi) is 2.19. The molecule has 70 valence electrons. The minimum Gasteiger partial charge on any atom is -0.309 e. The average molecular weight is 177 g/mol. The minimum atomic E-state index is 0.437. The smallest absolute Gasteiger partial charge is 0.0655 e. The Morgan fingerprint density at radius 1 is 1.54 bits per heavy atom. The lowest BCUT2D eigenvalue weighted by Crippen LogP contribution is -2.11. The van der Waals surface area contributed by atoms with Crippen LogP contribution in [0.2, 0.25) is 0 Å². The molecule has 2 heterocycles. The number of nitrogens with zero attached hydrogens (tertiary/aromatic N) is 2. The molecule has 0 radical (unpaired) electrons. The summed E-state index contributed by atoms with van der Waals surface area (Å²) in [6.45, 7) is 6.26. The maximum atomic E-state index is 4.31. The summed E-state index contributed by atoms with van der Waals surface area (Å²) in [5.74, 6) is 0. The van der Waals surface area contributed by atoms with Crippen LogP contribution in [0.15, 0.2) is 18.3 Å². The Balaban J connectivity index is 2.33. The standard InChI is InChI=1S/C10H15N3/c1-8(2)13-10(4-6-12-13)9-3-5-11-7-9/h3-4,6,8,11H,5,7H2,1-2H3. The van der Waals surface area contributed by atoms with Crippen LogP contribution in [0.1, 0.15) is 25.6 Å². The van der Waals surface area contributed by atoms with Crippen LogP contribution in [0.4, 0.5) is 0 Å². The van der Waals surface area contributed by atoms with Gasteiger partial charge in [0, 0.05) is 25.3 Å². The average Bonchev–Trinajstić information content (AvgIpc) is 2.74. The molecule has 1 aromatic heterocycles. The molecule has 3 nitrogen and oxygen atoms in total. The van der Waals surface area contributed by atoms with Crippen molar-refractivity contribution >= 4 is 5.57 Å². The maximum Gasteiger partial charge on any atom is 0.0655 e. The van der Waals surface area contributed by atoms with Crippen molar-refractivity contribution in [1.29, 1.82) is 0 Å². The molecule has 3 heteroatoms.